The predicted octanol–water partition coefficient (Wildman–Crippen LogP) is 2.11. The number of halogens is 2. The Bertz CT molecular complexity index is 530. The summed E-state index contributed by atoms with van der Waals surface area (Å²) in [7, 11) is 1.33. The van der Waals surface area contributed by atoms with Crippen LogP contribution >= 0.6 is 15.9 Å². The number of carbonyl (C=O) groups excluding carboxylic acids is 2. The number of rotatable bonds is 1. The van der Waals surface area contributed by atoms with Crippen molar-refractivity contribution in [3.63, 3.8) is 0 Å². The fourth-order valence-corrected chi connectivity index (χ4v) is 2.41. The summed E-state index contributed by atoms with van der Waals surface area (Å²) >= 11 is 3.06. The van der Waals surface area contributed by atoms with Crippen molar-refractivity contribution in [1.82, 2.24) is 9.80 Å². The molecule has 1 aromatic rings. The molecule has 0 spiro atoms. The van der Waals surface area contributed by atoms with Crippen LogP contribution < -0.4 is 0 Å². The Morgan fingerprint density at radius 2 is 1.80 bits per heavy atom. The molecule has 20 heavy (non-hydrogen) atoms. The number of amides is 2. The number of piperazine rings is 1. The first-order valence-electron chi connectivity index (χ1n) is 6.10. The van der Waals surface area contributed by atoms with Crippen molar-refractivity contribution in [3.05, 3.63) is 34.1 Å². The van der Waals surface area contributed by atoms with E-state index in [1.807, 2.05) is 0 Å². The summed E-state index contributed by atoms with van der Waals surface area (Å²) < 4.78 is 18.0. The number of benzene rings is 1. The van der Waals surface area contributed by atoms with Gasteiger partial charge in [0.2, 0.25) is 0 Å². The van der Waals surface area contributed by atoms with Crippen molar-refractivity contribution in [2.45, 2.75) is 0 Å². The molecule has 0 bridgehead atoms. The SMILES string of the molecule is COC(=O)N1CCN(C(=O)c2ccc(F)c(Br)c2)CC1. The van der Waals surface area contributed by atoms with E-state index in [1.165, 1.54) is 25.3 Å². The molecule has 1 fully saturated rings. The molecule has 2 amide bonds. The molecule has 1 saturated heterocycles. The lowest BCUT2D eigenvalue weighted by atomic mass is 10.2. The molecule has 1 aliphatic rings. The molecule has 0 atom stereocenters. The van der Waals surface area contributed by atoms with Crippen LogP contribution in [0.5, 0.6) is 0 Å². The molecule has 0 unspecified atom stereocenters. The van der Waals surface area contributed by atoms with Gasteiger partial charge in [0.25, 0.3) is 5.91 Å². The molecule has 7 heteroatoms. The average Bonchev–Trinajstić information content (AvgIpc) is 2.48. The van der Waals surface area contributed by atoms with E-state index in [2.05, 4.69) is 20.7 Å². The standard InChI is InChI=1S/C13H14BrFN2O3/c1-20-13(19)17-6-4-16(5-7-17)12(18)9-2-3-11(15)10(14)8-9/h2-3,8H,4-7H2,1H3. The zero-order valence-electron chi connectivity index (χ0n) is 10.9. The molecule has 5 nitrogen and oxygen atoms in total. The smallest absolute Gasteiger partial charge is 0.409 e. The molecular formula is C13H14BrFN2O3. The highest BCUT2D eigenvalue weighted by molar-refractivity contribution is 9.10. The van der Waals surface area contributed by atoms with Crippen LogP contribution in [0.15, 0.2) is 22.7 Å². The third-order valence-electron chi connectivity index (χ3n) is 3.17. The number of nitrogens with zero attached hydrogens (tertiary/aromatic N) is 2. The molecule has 108 valence electrons. The van der Waals surface area contributed by atoms with E-state index in [-0.39, 0.29) is 16.5 Å². The van der Waals surface area contributed by atoms with Crippen LogP contribution in [0.3, 0.4) is 0 Å². The lowest BCUT2D eigenvalue weighted by molar-refractivity contribution is 0.0599. The molecule has 1 heterocycles. The molecular weight excluding hydrogens is 331 g/mol. The van der Waals surface area contributed by atoms with Crippen LogP contribution in [0.4, 0.5) is 9.18 Å². The molecule has 0 radical (unpaired) electrons. The van der Waals surface area contributed by atoms with Gasteiger partial charge in [0, 0.05) is 31.7 Å². The number of methoxy groups -OCH3 is 1. The van der Waals surface area contributed by atoms with Gasteiger partial charge in [0.1, 0.15) is 5.82 Å². The second-order valence-electron chi connectivity index (χ2n) is 4.38. The second-order valence-corrected chi connectivity index (χ2v) is 5.23. The summed E-state index contributed by atoms with van der Waals surface area (Å²) in [5.74, 6) is -0.577. The summed E-state index contributed by atoms with van der Waals surface area (Å²) in [4.78, 5) is 26.8. The van der Waals surface area contributed by atoms with Crippen LogP contribution in [0, 0.1) is 5.82 Å². The Labute approximate surface area is 124 Å². The minimum Gasteiger partial charge on any atom is -0.453 e. The third-order valence-corrected chi connectivity index (χ3v) is 3.77. The van der Waals surface area contributed by atoms with Gasteiger partial charge in [0.15, 0.2) is 0 Å². The topological polar surface area (TPSA) is 49.9 Å². The summed E-state index contributed by atoms with van der Waals surface area (Å²) in [6.07, 6.45) is -0.387. The predicted molar refractivity (Wildman–Crippen MR) is 74.0 cm³/mol. The number of hydrogen-bond donors (Lipinski definition) is 0. The quantitative estimate of drug-likeness (QED) is 0.783. The van der Waals surface area contributed by atoms with E-state index in [0.717, 1.165) is 0 Å². The Balaban J connectivity index is 2.01. The zero-order chi connectivity index (χ0) is 14.7. The second kappa shape index (κ2) is 6.21. The third kappa shape index (κ3) is 3.09. The molecule has 2 rings (SSSR count). The minimum atomic E-state index is -0.405. The highest BCUT2D eigenvalue weighted by Crippen LogP contribution is 2.18. The van der Waals surface area contributed by atoms with Crippen molar-refractivity contribution in [1.29, 1.82) is 0 Å². The van der Waals surface area contributed by atoms with Gasteiger partial charge in [-0.15, -0.1) is 0 Å². The van der Waals surface area contributed by atoms with Crippen LogP contribution in [-0.2, 0) is 4.74 Å². The lowest BCUT2D eigenvalue weighted by Crippen LogP contribution is -2.50. The van der Waals surface area contributed by atoms with Crippen molar-refractivity contribution >= 4 is 27.9 Å². The number of carbonyl (C=O) groups is 2. The van der Waals surface area contributed by atoms with Crippen molar-refractivity contribution in [2.24, 2.45) is 0 Å². The molecule has 0 aliphatic carbocycles. The van der Waals surface area contributed by atoms with Crippen LogP contribution in [0.2, 0.25) is 0 Å². The van der Waals surface area contributed by atoms with Crippen LogP contribution in [0.1, 0.15) is 10.4 Å². The molecule has 1 aromatic carbocycles. The van der Waals surface area contributed by atoms with E-state index < -0.39 is 5.82 Å². The van der Waals surface area contributed by atoms with Gasteiger partial charge in [-0.25, -0.2) is 9.18 Å². The summed E-state index contributed by atoms with van der Waals surface area (Å²) in [6.45, 7) is 1.73. The maximum Gasteiger partial charge on any atom is 0.409 e. The number of ether oxygens (including phenoxy) is 1. The lowest BCUT2D eigenvalue weighted by Gasteiger charge is -2.33. The van der Waals surface area contributed by atoms with Gasteiger partial charge in [-0.1, -0.05) is 0 Å². The maximum atomic E-state index is 13.2. The van der Waals surface area contributed by atoms with E-state index in [1.54, 1.807) is 9.80 Å². The van der Waals surface area contributed by atoms with Gasteiger partial charge in [-0.2, -0.15) is 0 Å². The van der Waals surface area contributed by atoms with Gasteiger partial charge in [0.05, 0.1) is 11.6 Å². The van der Waals surface area contributed by atoms with Gasteiger partial charge in [-0.3, -0.25) is 4.79 Å². The van der Waals surface area contributed by atoms with Crippen LogP contribution in [0.25, 0.3) is 0 Å². The highest BCUT2D eigenvalue weighted by Gasteiger charge is 2.25. The normalized spacial score (nSPS) is 15.2. The van der Waals surface area contributed by atoms with E-state index >= 15 is 0 Å². The molecule has 0 N–H and O–H groups in total. The fraction of sp³-hybridized carbons (Fsp3) is 0.385. The Morgan fingerprint density at radius 1 is 1.20 bits per heavy atom. The first-order valence-corrected chi connectivity index (χ1v) is 6.89. The van der Waals surface area contributed by atoms with E-state index in [9.17, 15) is 14.0 Å². The summed E-state index contributed by atoms with van der Waals surface area (Å²) in [6, 6.07) is 4.17. The Kier molecular flexibility index (Phi) is 4.59. The van der Waals surface area contributed by atoms with Crippen molar-refractivity contribution in [2.75, 3.05) is 33.3 Å². The van der Waals surface area contributed by atoms with Gasteiger partial charge < -0.3 is 14.5 Å². The first kappa shape index (κ1) is 14.8. The number of hydrogen-bond acceptors (Lipinski definition) is 3. The Hall–Kier alpha value is -1.63. The highest BCUT2D eigenvalue weighted by atomic mass is 79.9. The largest absolute Gasteiger partial charge is 0.453 e. The molecule has 1 aliphatic heterocycles. The van der Waals surface area contributed by atoms with Gasteiger partial charge in [-0.05, 0) is 34.1 Å². The van der Waals surface area contributed by atoms with E-state index in [0.29, 0.717) is 31.7 Å². The summed E-state index contributed by atoms with van der Waals surface area (Å²) in [5.41, 5.74) is 0.421. The molecule has 0 saturated carbocycles. The first-order chi connectivity index (χ1) is 9.52. The Morgan fingerprint density at radius 3 is 2.35 bits per heavy atom. The van der Waals surface area contributed by atoms with Crippen molar-refractivity contribution < 1.29 is 18.7 Å². The summed E-state index contributed by atoms with van der Waals surface area (Å²) in [5, 5.41) is 0. The minimum absolute atomic E-state index is 0.171. The van der Waals surface area contributed by atoms with Gasteiger partial charge >= 0.3 is 6.09 Å². The van der Waals surface area contributed by atoms with Crippen molar-refractivity contribution in [3.8, 4) is 0 Å². The monoisotopic (exact) mass is 344 g/mol. The fourth-order valence-electron chi connectivity index (χ4n) is 2.03. The maximum absolute atomic E-state index is 13.2. The van der Waals surface area contributed by atoms with Crippen LogP contribution in [-0.4, -0.2) is 55.1 Å². The zero-order valence-corrected chi connectivity index (χ0v) is 12.5. The average molecular weight is 345 g/mol. The van der Waals surface area contributed by atoms with E-state index in [4.69, 9.17) is 0 Å². The molecule has 0 aromatic heterocycles.